The zero-order valence-corrected chi connectivity index (χ0v) is 8.59. The normalized spacial score (nSPS) is 32.0. The van der Waals surface area contributed by atoms with Crippen molar-refractivity contribution < 1.29 is 9.47 Å². The zero-order chi connectivity index (χ0) is 9.19. The molecule has 2 nitrogen and oxygen atoms in total. The van der Waals surface area contributed by atoms with Gasteiger partial charge in [-0.2, -0.15) is 0 Å². The van der Waals surface area contributed by atoms with Crippen LogP contribution in [0.15, 0.2) is 0 Å². The highest BCUT2D eigenvalue weighted by molar-refractivity contribution is 4.72. The fourth-order valence-corrected chi connectivity index (χ4v) is 1.34. The molecule has 1 heterocycles. The largest absolute Gasteiger partial charge is 0.352 e. The molecule has 0 amide bonds. The molecule has 1 saturated heterocycles. The van der Waals surface area contributed by atoms with Gasteiger partial charge < -0.3 is 9.47 Å². The molecule has 2 heteroatoms. The lowest BCUT2D eigenvalue weighted by Crippen LogP contribution is -2.40. The van der Waals surface area contributed by atoms with Gasteiger partial charge in [-0.05, 0) is 12.8 Å². The lowest BCUT2D eigenvalue weighted by molar-refractivity contribution is -0.252. The van der Waals surface area contributed by atoms with Gasteiger partial charge in [-0.3, -0.25) is 0 Å². The summed E-state index contributed by atoms with van der Waals surface area (Å²) in [6.07, 6.45) is 2.53. The van der Waals surface area contributed by atoms with Gasteiger partial charge in [-0.25, -0.2) is 0 Å². The van der Waals surface area contributed by atoms with Crippen molar-refractivity contribution in [2.24, 2.45) is 5.41 Å². The summed E-state index contributed by atoms with van der Waals surface area (Å²) >= 11 is 0. The van der Waals surface area contributed by atoms with Gasteiger partial charge in [0.2, 0.25) is 0 Å². The summed E-state index contributed by atoms with van der Waals surface area (Å²) in [5.41, 5.74) is 0.105. The average molecular weight is 172 g/mol. The van der Waals surface area contributed by atoms with Crippen molar-refractivity contribution in [2.75, 3.05) is 6.61 Å². The smallest absolute Gasteiger partial charge is 0.162 e. The molecule has 0 N–H and O–H groups in total. The maximum atomic E-state index is 5.78. The second-order valence-corrected chi connectivity index (χ2v) is 4.52. The fraction of sp³-hybridized carbons (Fsp3) is 1.00. The molecule has 2 atom stereocenters. The first kappa shape index (κ1) is 10.0. The first-order valence-corrected chi connectivity index (χ1v) is 4.81. The van der Waals surface area contributed by atoms with Gasteiger partial charge >= 0.3 is 0 Å². The van der Waals surface area contributed by atoms with Gasteiger partial charge in [0.1, 0.15) is 0 Å². The Kier molecular flexibility index (Phi) is 3.13. The van der Waals surface area contributed by atoms with Crippen LogP contribution in [0.2, 0.25) is 0 Å². The highest BCUT2D eigenvalue weighted by Crippen LogP contribution is 2.28. The molecule has 12 heavy (non-hydrogen) atoms. The van der Waals surface area contributed by atoms with Crippen LogP contribution >= 0.6 is 0 Å². The van der Waals surface area contributed by atoms with Gasteiger partial charge in [0.25, 0.3) is 0 Å². The molecular weight excluding hydrogens is 152 g/mol. The predicted molar refractivity (Wildman–Crippen MR) is 49.0 cm³/mol. The topological polar surface area (TPSA) is 18.5 Å². The third-order valence-corrected chi connectivity index (χ3v) is 2.19. The van der Waals surface area contributed by atoms with Gasteiger partial charge in [0.05, 0.1) is 12.7 Å². The predicted octanol–water partition coefficient (Wildman–Crippen LogP) is 2.57. The van der Waals surface area contributed by atoms with Crippen molar-refractivity contribution in [3.63, 3.8) is 0 Å². The second kappa shape index (κ2) is 3.75. The van der Waals surface area contributed by atoms with Crippen LogP contribution in [-0.2, 0) is 9.47 Å². The third kappa shape index (κ3) is 2.46. The maximum absolute atomic E-state index is 5.78. The minimum absolute atomic E-state index is 0.0174. The molecule has 1 aliphatic heterocycles. The molecule has 1 aliphatic rings. The summed E-state index contributed by atoms with van der Waals surface area (Å²) in [5, 5.41) is 0. The van der Waals surface area contributed by atoms with Crippen LogP contribution in [0.3, 0.4) is 0 Å². The molecule has 1 fully saturated rings. The van der Waals surface area contributed by atoms with E-state index in [2.05, 4.69) is 27.7 Å². The Morgan fingerprint density at radius 3 is 2.50 bits per heavy atom. The Morgan fingerprint density at radius 1 is 1.33 bits per heavy atom. The van der Waals surface area contributed by atoms with Crippen LogP contribution in [0, 0.1) is 5.41 Å². The number of hydrogen-bond acceptors (Lipinski definition) is 2. The molecule has 0 aliphatic carbocycles. The highest BCUT2D eigenvalue weighted by Gasteiger charge is 2.31. The van der Waals surface area contributed by atoms with Crippen molar-refractivity contribution >= 4 is 0 Å². The summed E-state index contributed by atoms with van der Waals surface area (Å²) in [7, 11) is 0. The minimum atomic E-state index is -0.0174. The zero-order valence-electron chi connectivity index (χ0n) is 8.59. The lowest BCUT2D eigenvalue weighted by atomic mass is 9.95. The molecule has 72 valence electrons. The van der Waals surface area contributed by atoms with Crippen molar-refractivity contribution in [3.8, 4) is 0 Å². The molecule has 1 rings (SSSR count). The Bertz CT molecular complexity index is 137. The van der Waals surface area contributed by atoms with Gasteiger partial charge in [0.15, 0.2) is 6.29 Å². The van der Waals surface area contributed by atoms with Crippen LogP contribution in [-0.4, -0.2) is 19.0 Å². The fourth-order valence-electron chi connectivity index (χ4n) is 1.34. The van der Waals surface area contributed by atoms with Crippen LogP contribution < -0.4 is 0 Å². The Hall–Kier alpha value is -0.0800. The first-order valence-electron chi connectivity index (χ1n) is 4.81. The van der Waals surface area contributed by atoms with E-state index in [1.165, 1.54) is 0 Å². The van der Waals surface area contributed by atoms with E-state index in [1.807, 2.05) is 0 Å². The Labute approximate surface area is 75.2 Å². The third-order valence-electron chi connectivity index (χ3n) is 2.19. The van der Waals surface area contributed by atoms with Crippen LogP contribution in [0.1, 0.15) is 40.5 Å². The Balaban J connectivity index is 2.46. The molecule has 0 radical (unpaired) electrons. The summed E-state index contributed by atoms with van der Waals surface area (Å²) in [5.74, 6) is 0. The van der Waals surface area contributed by atoms with Crippen LogP contribution in [0.5, 0.6) is 0 Å². The Morgan fingerprint density at radius 2 is 2.00 bits per heavy atom. The van der Waals surface area contributed by atoms with Crippen molar-refractivity contribution in [1.82, 2.24) is 0 Å². The maximum Gasteiger partial charge on any atom is 0.162 e. The van der Waals surface area contributed by atoms with Gasteiger partial charge in [-0.15, -0.1) is 0 Å². The quantitative estimate of drug-likeness (QED) is 0.605. The minimum Gasteiger partial charge on any atom is -0.352 e. The molecule has 0 saturated carbocycles. The SMILES string of the molecule is CCC1CCOC(C(C)(C)C)O1. The van der Waals surface area contributed by atoms with E-state index in [9.17, 15) is 0 Å². The molecule has 0 aromatic rings. The molecular formula is C10H20O2. The average Bonchev–Trinajstić information content (AvgIpc) is 2.03. The summed E-state index contributed by atoms with van der Waals surface area (Å²) in [6.45, 7) is 9.46. The summed E-state index contributed by atoms with van der Waals surface area (Å²) < 4.78 is 11.3. The number of ether oxygens (including phenoxy) is 2. The standard InChI is InChI=1S/C10H20O2/c1-5-8-6-7-11-9(12-8)10(2,3)4/h8-9H,5-7H2,1-4H3. The molecule has 0 aromatic heterocycles. The van der Waals surface area contributed by atoms with E-state index in [1.54, 1.807) is 0 Å². The molecule has 0 bridgehead atoms. The van der Waals surface area contributed by atoms with Crippen molar-refractivity contribution in [1.29, 1.82) is 0 Å². The van der Waals surface area contributed by atoms with Gasteiger partial charge in [0, 0.05) is 5.41 Å². The lowest BCUT2D eigenvalue weighted by Gasteiger charge is -2.37. The van der Waals surface area contributed by atoms with E-state index in [4.69, 9.17) is 9.47 Å². The monoisotopic (exact) mass is 172 g/mol. The van der Waals surface area contributed by atoms with Crippen LogP contribution in [0.25, 0.3) is 0 Å². The highest BCUT2D eigenvalue weighted by atomic mass is 16.7. The number of rotatable bonds is 1. The first-order chi connectivity index (χ1) is 5.54. The van der Waals surface area contributed by atoms with E-state index in [-0.39, 0.29) is 11.7 Å². The molecule has 2 unspecified atom stereocenters. The van der Waals surface area contributed by atoms with E-state index < -0.39 is 0 Å². The van der Waals surface area contributed by atoms with Crippen LogP contribution in [0.4, 0.5) is 0 Å². The molecule has 0 spiro atoms. The van der Waals surface area contributed by atoms with E-state index >= 15 is 0 Å². The summed E-state index contributed by atoms with van der Waals surface area (Å²) in [6, 6.07) is 0. The van der Waals surface area contributed by atoms with Gasteiger partial charge in [-0.1, -0.05) is 27.7 Å². The number of hydrogen-bond donors (Lipinski definition) is 0. The summed E-state index contributed by atoms with van der Waals surface area (Å²) in [4.78, 5) is 0. The molecule has 0 aromatic carbocycles. The van der Waals surface area contributed by atoms with E-state index in [0.717, 1.165) is 19.4 Å². The van der Waals surface area contributed by atoms with Crippen molar-refractivity contribution in [2.45, 2.75) is 52.9 Å². The second-order valence-electron chi connectivity index (χ2n) is 4.52. The van der Waals surface area contributed by atoms with E-state index in [0.29, 0.717) is 6.10 Å². The van der Waals surface area contributed by atoms with Crippen molar-refractivity contribution in [3.05, 3.63) is 0 Å².